The van der Waals surface area contributed by atoms with Crippen LogP contribution in [0.3, 0.4) is 0 Å². The lowest BCUT2D eigenvalue weighted by Crippen LogP contribution is -2.19. The number of halogens is 1. The van der Waals surface area contributed by atoms with Crippen LogP contribution < -0.4 is 10.0 Å². The number of amides is 1. The normalized spacial score (nSPS) is 11.1. The lowest BCUT2D eigenvalue weighted by Gasteiger charge is -2.07. The van der Waals surface area contributed by atoms with Gasteiger partial charge in [-0.15, -0.1) is 0 Å². The molecule has 0 aliphatic rings. The third-order valence-electron chi connectivity index (χ3n) is 2.78. The standard InChI is InChI=1S/C14H13IN2O3S/c1-16-21(19,20)13-4-2-3-10(9-13)14(18)17-12-7-5-11(15)6-8-12/h2-9,16H,1H3,(H,17,18). The molecule has 0 radical (unpaired) electrons. The first-order chi connectivity index (χ1) is 9.92. The summed E-state index contributed by atoms with van der Waals surface area (Å²) in [5, 5.41) is 2.72. The minimum Gasteiger partial charge on any atom is -0.322 e. The molecular formula is C14H13IN2O3S. The van der Waals surface area contributed by atoms with Crippen LogP contribution in [0.4, 0.5) is 5.69 Å². The van der Waals surface area contributed by atoms with Gasteiger partial charge in [-0.3, -0.25) is 4.79 Å². The van der Waals surface area contributed by atoms with Crippen LogP contribution in [0.1, 0.15) is 10.4 Å². The summed E-state index contributed by atoms with van der Waals surface area (Å²) < 4.78 is 26.7. The Labute approximate surface area is 137 Å². The number of benzene rings is 2. The molecule has 2 aromatic carbocycles. The second kappa shape index (κ2) is 6.54. The zero-order chi connectivity index (χ0) is 15.5. The molecule has 110 valence electrons. The van der Waals surface area contributed by atoms with E-state index in [0.717, 1.165) is 3.57 Å². The number of carbonyl (C=O) groups excluding carboxylic acids is 1. The Morgan fingerprint density at radius 3 is 2.38 bits per heavy atom. The van der Waals surface area contributed by atoms with Gasteiger partial charge in [0.1, 0.15) is 0 Å². The first kappa shape index (κ1) is 15.9. The molecule has 21 heavy (non-hydrogen) atoms. The van der Waals surface area contributed by atoms with Crippen molar-refractivity contribution in [3.63, 3.8) is 0 Å². The van der Waals surface area contributed by atoms with E-state index in [4.69, 9.17) is 0 Å². The van der Waals surface area contributed by atoms with Crippen LogP contribution in [0.5, 0.6) is 0 Å². The maximum absolute atomic E-state index is 12.1. The van der Waals surface area contributed by atoms with Crippen molar-refractivity contribution < 1.29 is 13.2 Å². The van der Waals surface area contributed by atoms with Gasteiger partial charge < -0.3 is 5.32 Å². The predicted octanol–water partition coefficient (Wildman–Crippen LogP) is 2.45. The number of hydrogen-bond donors (Lipinski definition) is 2. The molecule has 2 rings (SSSR count). The van der Waals surface area contributed by atoms with E-state index in [2.05, 4.69) is 32.6 Å². The van der Waals surface area contributed by atoms with Crippen LogP contribution in [0.15, 0.2) is 53.4 Å². The molecule has 2 N–H and O–H groups in total. The summed E-state index contributed by atoms with van der Waals surface area (Å²) >= 11 is 2.17. The highest BCUT2D eigenvalue weighted by atomic mass is 127. The first-order valence-electron chi connectivity index (χ1n) is 6.03. The van der Waals surface area contributed by atoms with E-state index in [-0.39, 0.29) is 16.4 Å². The third-order valence-corrected chi connectivity index (χ3v) is 4.91. The van der Waals surface area contributed by atoms with Gasteiger partial charge in [-0.2, -0.15) is 0 Å². The number of rotatable bonds is 4. The second-order valence-electron chi connectivity index (χ2n) is 4.20. The highest BCUT2D eigenvalue weighted by Crippen LogP contribution is 2.15. The second-order valence-corrected chi connectivity index (χ2v) is 7.33. The smallest absolute Gasteiger partial charge is 0.255 e. The first-order valence-corrected chi connectivity index (χ1v) is 8.59. The third kappa shape index (κ3) is 4.02. The molecule has 0 aliphatic heterocycles. The Morgan fingerprint density at radius 1 is 1.10 bits per heavy atom. The van der Waals surface area contributed by atoms with Crippen molar-refractivity contribution in [1.82, 2.24) is 4.72 Å². The molecule has 0 unspecified atom stereocenters. The van der Waals surface area contributed by atoms with E-state index < -0.39 is 10.0 Å². The van der Waals surface area contributed by atoms with E-state index in [9.17, 15) is 13.2 Å². The van der Waals surface area contributed by atoms with E-state index in [1.165, 1.54) is 25.2 Å². The Balaban J connectivity index is 2.24. The van der Waals surface area contributed by atoms with Crippen LogP contribution >= 0.6 is 22.6 Å². The van der Waals surface area contributed by atoms with E-state index >= 15 is 0 Å². The maximum atomic E-state index is 12.1. The van der Waals surface area contributed by atoms with Gasteiger partial charge in [-0.25, -0.2) is 13.1 Å². The Hall–Kier alpha value is -1.45. The summed E-state index contributed by atoms with van der Waals surface area (Å²) in [7, 11) is -2.24. The molecule has 0 aliphatic carbocycles. The summed E-state index contributed by atoms with van der Waals surface area (Å²) in [6.07, 6.45) is 0. The van der Waals surface area contributed by atoms with Crippen LogP contribution in [0.2, 0.25) is 0 Å². The van der Waals surface area contributed by atoms with Crippen molar-refractivity contribution >= 4 is 44.2 Å². The zero-order valence-corrected chi connectivity index (χ0v) is 14.1. The average Bonchev–Trinajstić information content (AvgIpc) is 2.49. The van der Waals surface area contributed by atoms with Crippen molar-refractivity contribution in [2.45, 2.75) is 4.90 Å². The summed E-state index contributed by atoms with van der Waals surface area (Å²) in [5.74, 6) is -0.357. The van der Waals surface area contributed by atoms with Gasteiger partial charge in [0.25, 0.3) is 5.91 Å². The number of sulfonamides is 1. The Morgan fingerprint density at radius 2 is 1.76 bits per heavy atom. The minimum atomic E-state index is -3.56. The molecule has 7 heteroatoms. The molecule has 5 nitrogen and oxygen atoms in total. The van der Waals surface area contributed by atoms with Crippen molar-refractivity contribution in [2.75, 3.05) is 12.4 Å². The molecule has 0 aromatic heterocycles. The van der Waals surface area contributed by atoms with Gasteiger partial charge in [0, 0.05) is 14.8 Å². The molecule has 0 saturated heterocycles. The van der Waals surface area contributed by atoms with Gasteiger partial charge in [0.05, 0.1) is 4.90 Å². The van der Waals surface area contributed by atoms with Crippen LogP contribution in [-0.4, -0.2) is 21.4 Å². The van der Waals surface area contributed by atoms with Gasteiger partial charge >= 0.3 is 0 Å². The molecule has 0 bridgehead atoms. The van der Waals surface area contributed by atoms with Crippen molar-refractivity contribution in [1.29, 1.82) is 0 Å². The lowest BCUT2D eigenvalue weighted by atomic mass is 10.2. The van der Waals surface area contributed by atoms with E-state index in [1.807, 2.05) is 12.1 Å². The molecule has 1 amide bonds. The maximum Gasteiger partial charge on any atom is 0.255 e. The molecular weight excluding hydrogens is 403 g/mol. The highest BCUT2D eigenvalue weighted by Gasteiger charge is 2.14. The SMILES string of the molecule is CNS(=O)(=O)c1cccc(C(=O)Nc2ccc(I)cc2)c1. The van der Waals surface area contributed by atoms with E-state index in [1.54, 1.807) is 18.2 Å². The van der Waals surface area contributed by atoms with Crippen molar-refractivity contribution in [3.05, 3.63) is 57.7 Å². The van der Waals surface area contributed by atoms with Gasteiger partial charge in [0.2, 0.25) is 10.0 Å². The molecule has 0 fully saturated rings. The highest BCUT2D eigenvalue weighted by molar-refractivity contribution is 14.1. The predicted molar refractivity (Wildman–Crippen MR) is 89.8 cm³/mol. The quantitative estimate of drug-likeness (QED) is 0.753. The number of carbonyl (C=O) groups is 1. The summed E-state index contributed by atoms with van der Waals surface area (Å²) in [6.45, 7) is 0. The zero-order valence-electron chi connectivity index (χ0n) is 11.1. The van der Waals surface area contributed by atoms with Crippen molar-refractivity contribution in [3.8, 4) is 0 Å². The molecule has 0 spiro atoms. The minimum absolute atomic E-state index is 0.0558. The monoisotopic (exact) mass is 416 g/mol. The van der Waals surface area contributed by atoms with Gasteiger partial charge in [-0.1, -0.05) is 6.07 Å². The topological polar surface area (TPSA) is 75.3 Å². The number of nitrogens with one attached hydrogen (secondary N) is 2. The fourth-order valence-electron chi connectivity index (χ4n) is 1.66. The lowest BCUT2D eigenvalue weighted by molar-refractivity contribution is 0.102. The molecule has 0 heterocycles. The summed E-state index contributed by atoms with van der Waals surface area (Å²) in [6, 6.07) is 13.2. The number of hydrogen-bond acceptors (Lipinski definition) is 3. The van der Waals surface area contributed by atoms with Gasteiger partial charge in [0.15, 0.2) is 0 Å². The van der Waals surface area contributed by atoms with Crippen LogP contribution in [0.25, 0.3) is 0 Å². The Bertz CT molecular complexity index is 758. The fraction of sp³-hybridized carbons (Fsp3) is 0.0714. The van der Waals surface area contributed by atoms with Crippen molar-refractivity contribution in [2.24, 2.45) is 0 Å². The Kier molecular flexibility index (Phi) is 4.96. The fourth-order valence-corrected chi connectivity index (χ4v) is 2.79. The van der Waals surface area contributed by atoms with Crippen LogP contribution in [-0.2, 0) is 10.0 Å². The average molecular weight is 416 g/mol. The molecule has 2 aromatic rings. The van der Waals surface area contributed by atoms with Gasteiger partial charge in [-0.05, 0) is 72.1 Å². The number of anilines is 1. The molecule has 0 saturated carbocycles. The summed E-state index contributed by atoms with van der Waals surface area (Å²) in [4.78, 5) is 12.2. The summed E-state index contributed by atoms with van der Waals surface area (Å²) in [5.41, 5.74) is 0.937. The molecule has 0 atom stereocenters. The van der Waals surface area contributed by atoms with E-state index in [0.29, 0.717) is 5.69 Å². The largest absolute Gasteiger partial charge is 0.322 e. The van der Waals surface area contributed by atoms with Crippen LogP contribution in [0, 0.1) is 3.57 Å².